The predicted octanol–water partition coefficient (Wildman–Crippen LogP) is 2.95. The van der Waals surface area contributed by atoms with Crippen LogP contribution in [0, 0.1) is 0 Å². The maximum absolute atomic E-state index is 12.6. The first-order valence-corrected chi connectivity index (χ1v) is 8.12. The molecule has 2 heterocycles. The van der Waals surface area contributed by atoms with Crippen molar-refractivity contribution in [1.29, 1.82) is 0 Å². The predicted molar refractivity (Wildman–Crippen MR) is 100 cm³/mol. The van der Waals surface area contributed by atoms with Crippen LogP contribution in [0.25, 0.3) is 0 Å². The number of carbonyl (C=O) groups is 1. The van der Waals surface area contributed by atoms with Crippen LogP contribution in [0.5, 0.6) is 0 Å². The van der Waals surface area contributed by atoms with E-state index < -0.39 is 0 Å². The third-order valence-corrected chi connectivity index (χ3v) is 4.60. The zero-order chi connectivity index (χ0) is 14.7. The first-order valence-electron chi connectivity index (χ1n) is 8.12. The summed E-state index contributed by atoms with van der Waals surface area (Å²) in [6, 6.07) is 8.45. The van der Waals surface area contributed by atoms with E-state index in [0.29, 0.717) is 0 Å². The lowest BCUT2D eigenvalue weighted by Crippen LogP contribution is -2.52. The maximum Gasteiger partial charge on any atom is 0.254 e. The summed E-state index contributed by atoms with van der Waals surface area (Å²) in [5, 5.41) is 3.32. The zero-order valence-electron chi connectivity index (χ0n) is 13.7. The van der Waals surface area contributed by atoms with Crippen molar-refractivity contribution in [3.63, 3.8) is 0 Å². The van der Waals surface area contributed by atoms with E-state index >= 15 is 0 Å². The third-order valence-electron chi connectivity index (χ3n) is 4.60. The highest BCUT2D eigenvalue weighted by molar-refractivity contribution is 5.94. The summed E-state index contributed by atoms with van der Waals surface area (Å²) in [6.45, 7) is 6.96. The molecule has 2 aliphatic rings. The van der Waals surface area contributed by atoms with Crippen molar-refractivity contribution in [2.75, 3.05) is 37.6 Å². The molecule has 4 nitrogen and oxygen atoms in total. The number of rotatable bonds is 2. The lowest BCUT2D eigenvalue weighted by atomic mass is 10.1. The smallest absolute Gasteiger partial charge is 0.254 e. The molecule has 1 aromatic carbocycles. The maximum atomic E-state index is 12.6. The Kier molecular flexibility index (Phi) is 8.17. The Morgan fingerprint density at radius 1 is 1.04 bits per heavy atom. The third kappa shape index (κ3) is 4.75. The molecular weight excluding hydrogens is 333 g/mol. The van der Waals surface area contributed by atoms with Crippen LogP contribution in [0.4, 0.5) is 5.69 Å². The summed E-state index contributed by atoms with van der Waals surface area (Å²) in [7, 11) is 0. The molecule has 130 valence electrons. The van der Waals surface area contributed by atoms with Gasteiger partial charge in [0.2, 0.25) is 0 Å². The van der Waals surface area contributed by atoms with Crippen molar-refractivity contribution in [2.45, 2.75) is 32.2 Å². The number of benzene rings is 1. The van der Waals surface area contributed by atoms with E-state index in [1.165, 1.54) is 24.9 Å². The molecule has 2 aliphatic heterocycles. The highest BCUT2D eigenvalue weighted by Crippen LogP contribution is 2.21. The van der Waals surface area contributed by atoms with E-state index in [4.69, 9.17) is 0 Å². The number of piperidine rings is 1. The summed E-state index contributed by atoms with van der Waals surface area (Å²) < 4.78 is 0. The van der Waals surface area contributed by atoms with Crippen molar-refractivity contribution in [3.05, 3.63) is 29.8 Å². The second-order valence-corrected chi connectivity index (χ2v) is 6.15. The summed E-state index contributed by atoms with van der Waals surface area (Å²) in [6.07, 6.45) is 3.89. The van der Waals surface area contributed by atoms with Crippen molar-refractivity contribution < 1.29 is 4.79 Å². The van der Waals surface area contributed by atoms with Crippen LogP contribution in [0.1, 0.15) is 36.5 Å². The van der Waals surface area contributed by atoms with Gasteiger partial charge in [-0.05, 0) is 50.5 Å². The van der Waals surface area contributed by atoms with Gasteiger partial charge in [-0.15, -0.1) is 24.8 Å². The Labute approximate surface area is 151 Å². The topological polar surface area (TPSA) is 35.6 Å². The number of nitrogens with zero attached hydrogens (tertiary/aromatic N) is 2. The minimum atomic E-state index is 0. The molecule has 0 aromatic heterocycles. The standard InChI is InChI=1S/C17H25N3O.2ClH/c1-14-13-18-9-12-20(14)17(21)15-5-7-16(8-6-15)19-10-3-2-4-11-19;;/h5-8,14,18H,2-4,9-13H2,1H3;2*1H/t14-;;/m1../s1. The number of carbonyl (C=O) groups excluding carboxylic acids is 1. The molecular formula is C17H27Cl2N3O. The molecule has 2 saturated heterocycles. The Morgan fingerprint density at radius 3 is 2.30 bits per heavy atom. The van der Waals surface area contributed by atoms with Crippen LogP contribution < -0.4 is 10.2 Å². The second-order valence-electron chi connectivity index (χ2n) is 6.15. The fourth-order valence-corrected chi connectivity index (χ4v) is 3.28. The molecule has 1 atom stereocenters. The minimum Gasteiger partial charge on any atom is -0.372 e. The fraction of sp³-hybridized carbons (Fsp3) is 0.588. The van der Waals surface area contributed by atoms with Gasteiger partial charge in [-0.25, -0.2) is 0 Å². The number of hydrogen-bond donors (Lipinski definition) is 1. The van der Waals surface area contributed by atoms with E-state index in [1.807, 2.05) is 17.0 Å². The molecule has 0 saturated carbocycles. The number of hydrogen-bond acceptors (Lipinski definition) is 3. The number of amides is 1. The molecule has 1 N–H and O–H groups in total. The highest BCUT2D eigenvalue weighted by Gasteiger charge is 2.24. The first kappa shape index (κ1) is 20.1. The van der Waals surface area contributed by atoms with Gasteiger partial charge in [0.1, 0.15) is 0 Å². The second kappa shape index (κ2) is 9.36. The Hall–Kier alpha value is -0.970. The summed E-state index contributed by atoms with van der Waals surface area (Å²) >= 11 is 0. The number of halogens is 2. The van der Waals surface area contributed by atoms with Gasteiger partial charge in [-0.3, -0.25) is 4.79 Å². The Morgan fingerprint density at radius 2 is 1.70 bits per heavy atom. The van der Waals surface area contributed by atoms with Gasteiger partial charge in [0.15, 0.2) is 0 Å². The van der Waals surface area contributed by atoms with Crippen LogP contribution in [-0.4, -0.2) is 49.6 Å². The van der Waals surface area contributed by atoms with Crippen LogP contribution in [0.2, 0.25) is 0 Å². The number of anilines is 1. The van der Waals surface area contributed by atoms with Crippen LogP contribution >= 0.6 is 24.8 Å². The van der Waals surface area contributed by atoms with E-state index in [0.717, 1.165) is 38.3 Å². The van der Waals surface area contributed by atoms with Crippen molar-refractivity contribution in [1.82, 2.24) is 10.2 Å². The van der Waals surface area contributed by atoms with Crippen LogP contribution in [0.15, 0.2) is 24.3 Å². The van der Waals surface area contributed by atoms with Gasteiger partial charge in [0.25, 0.3) is 5.91 Å². The molecule has 0 radical (unpaired) electrons. The summed E-state index contributed by atoms with van der Waals surface area (Å²) in [5.74, 6) is 0.161. The van der Waals surface area contributed by atoms with Crippen molar-refractivity contribution in [3.8, 4) is 0 Å². The Balaban J connectivity index is 0.00000132. The van der Waals surface area contributed by atoms with Crippen molar-refractivity contribution in [2.24, 2.45) is 0 Å². The van der Waals surface area contributed by atoms with Gasteiger partial charge in [0.05, 0.1) is 0 Å². The molecule has 1 amide bonds. The molecule has 0 unspecified atom stereocenters. The largest absolute Gasteiger partial charge is 0.372 e. The highest BCUT2D eigenvalue weighted by atomic mass is 35.5. The van der Waals surface area contributed by atoms with Gasteiger partial charge in [0, 0.05) is 50.0 Å². The quantitative estimate of drug-likeness (QED) is 0.881. The van der Waals surface area contributed by atoms with Crippen LogP contribution in [0.3, 0.4) is 0 Å². The average Bonchev–Trinajstić information content (AvgIpc) is 2.56. The number of nitrogens with one attached hydrogen (secondary N) is 1. The monoisotopic (exact) mass is 359 g/mol. The fourth-order valence-electron chi connectivity index (χ4n) is 3.28. The Bertz CT molecular complexity index is 489. The molecule has 0 aliphatic carbocycles. The van der Waals surface area contributed by atoms with E-state index in [9.17, 15) is 4.79 Å². The van der Waals surface area contributed by atoms with Gasteiger partial charge in [-0.2, -0.15) is 0 Å². The molecule has 6 heteroatoms. The molecule has 3 rings (SSSR count). The molecule has 1 aromatic rings. The van der Waals surface area contributed by atoms with E-state index in [1.54, 1.807) is 0 Å². The SMILES string of the molecule is C[C@@H]1CNCCN1C(=O)c1ccc(N2CCCCC2)cc1.Cl.Cl. The van der Waals surface area contributed by atoms with Gasteiger partial charge < -0.3 is 15.1 Å². The molecule has 2 fully saturated rings. The first-order chi connectivity index (χ1) is 10.3. The zero-order valence-corrected chi connectivity index (χ0v) is 15.3. The van der Waals surface area contributed by atoms with E-state index in [-0.39, 0.29) is 36.8 Å². The lowest BCUT2D eigenvalue weighted by Gasteiger charge is -2.34. The molecule has 0 bridgehead atoms. The average molecular weight is 360 g/mol. The minimum absolute atomic E-state index is 0. The summed E-state index contributed by atoms with van der Waals surface area (Å²) in [5.41, 5.74) is 2.06. The van der Waals surface area contributed by atoms with Gasteiger partial charge in [-0.1, -0.05) is 0 Å². The van der Waals surface area contributed by atoms with Crippen LogP contribution in [-0.2, 0) is 0 Å². The molecule has 23 heavy (non-hydrogen) atoms. The van der Waals surface area contributed by atoms with Crippen molar-refractivity contribution >= 4 is 36.4 Å². The van der Waals surface area contributed by atoms with E-state index in [2.05, 4.69) is 29.3 Å². The molecule has 0 spiro atoms. The summed E-state index contributed by atoms with van der Waals surface area (Å²) in [4.78, 5) is 17.0. The normalized spacial score (nSPS) is 21.2. The lowest BCUT2D eigenvalue weighted by molar-refractivity contribution is 0.0656. The van der Waals surface area contributed by atoms with Gasteiger partial charge >= 0.3 is 0 Å². The number of piperazine rings is 1.